The molecule has 0 saturated carbocycles. The second-order valence-corrected chi connectivity index (χ2v) is 8.67. The van der Waals surface area contributed by atoms with Gasteiger partial charge in [0.25, 0.3) is 0 Å². The zero-order valence-corrected chi connectivity index (χ0v) is 20.6. The zero-order valence-electron chi connectivity index (χ0n) is 18.4. The van der Waals surface area contributed by atoms with Crippen LogP contribution in [-0.4, -0.2) is 7.11 Å². The molecule has 0 heterocycles. The summed E-state index contributed by atoms with van der Waals surface area (Å²) in [5.41, 5.74) is 4.37. The highest BCUT2D eigenvalue weighted by Gasteiger charge is 2.04. The first-order chi connectivity index (χ1) is 16.2. The van der Waals surface area contributed by atoms with E-state index in [0.29, 0.717) is 13.2 Å². The predicted molar refractivity (Wildman–Crippen MR) is 143 cm³/mol. The van der Waals surface area contributed by atoms with Gasteiger partial charge in [0.2, 0.25) is 0 Å². The summed E-state index contributed by atoms with van der Waals surface area (Å²) in [6.45, 7) is 1.05. The number of ether oxygens (including phenoxy) is 3. The predicted octanol–water partition coefficient (Wildman–Crippen LogP) is 7.63. The molecule has 33 heavy (non-hydrogen) atoms. The summed E-state index contributed by atoms with van der Waals surface area (Å²) >= 11 is 2.34. The third-order valence-electron chi connectivity index (χ3n) is 5.06. The van der Waals surface area contributed by atoms with Crippen LogP contribution in [0.25, 0.3) is 12.2 Å². The first kappa shape index (κ1) is 22.9. The molecule has 0 saturated heterocycles. The molecule has 4 rings (SSSR count). The Hall–Kier alpha value is -3.25. The molecule has 166 valence electrons. The normalized spacial score (nSPS) is 10.8. The van der Waals surface area contributed by atoms with Crippen molar-refractivity contribution >= 4 is 34.7 Å². The average molecular weight is 548 g/mol. The number of halogens is 1. The molecule has 4 aromatic carbocycles. The van der Waals surface area contributed by atoms with Crippen LogP contribution in [0.3, 0.4) is 0 Å². The summed E-state index contributed by atoms with van der Waals surface area (Å²) in [7, 11) is 1.67. The number of hydrogen-bond acceptors (Lipinski definition) is 3. The van der Waals surface area contributed by atoms with Gasteiger partial charge in [0.05, 0.1) is 7.11 Å². The van der Waals surface area contributed by atoms with Gasteiger partial charge in [-0.3, -0.25) is 0 Å². The van der Waals surface area contributed by atoms with Crippen LogP contribution in [0, 0.1) is 3.57 Å². The van der Waals surface area contributed by atoms with Gasteiger partial charge in [-0.1, -0.05) is 72.8 Å². The van der Waals surface area contributed by atoms with E-state index in [4.69, 9.17) is 14.2 Å². The molecule has 0 unspecified atom stereocenters. The maximum Gasteiger partial charge on any atom is 0.124 e. The van der Waals surface area contributed by atoms with Crippen molar-refractivity contribution in [3.8, 4) is 17.2 Å². The maximum atomic E-state index is 6.01. The summed E-state index contributed by atoms with van der Waals surface area (Å²) in [4.78, 5) is 0. The van der Waals surface area contributed by atoms with Crippen molar-refractivity contribution in [1.29, 1.82) is 0 Å². The topological polar surface area (TPSA) is 27.7 Å². The molecule has 0 aromatic heterocycles. The summed E-state index contributed by atoms with van der Waals surface area (Å²) < 4.78 is 18.6. The Labute approximate surface area is 208 Å². The second-order valence-electron chi connectivity index (χ2n) is 7.51. The lowest BCUT2D eigenvalue weighted by molar-refractivity contribution is 0.303. The number of methoxy groups -OCH3 is 1. The van der Waals surface area contributed by atoms with E-state index in [0.717, 1.165) is 43.1 Å². The van der Waals surface area contributed by atoms with Crippen molar-refractivity contribution in [3.63, 3.8) is 0 Å². The fourth-order valence-electron chi connectivity index (χ4n) is 3.30. The molecular weight excluding hydrogens is 523 g/mol. The lowest BCUT2D eigenvalue weighted by atomic mass is 10.1. The van der Waals surface area contributed by atoms with Crippen LogP contribution >= 0.6 is 22.6 Å². The fraction of sp³-hybridized carbons (Fsp3) is 0.103. The number of hydrogen-bond donors (Lipinski definition) is 0. The Bertz CT molecular complexity index is 1200. The van der Waals surface area contributed by atoms with Crippen molar-refractivity contribution in [2.45, 2.75) is 13.2 Å². The van der Waals surface area contributed by atoms with Crippen LogP contribution in [0.1, 0.15) is 22.3 Å². The van der Waals surface area contributed by atoms with Crippen LogP contribution in [0.5, 0.6) is 17.2 Å². The molecule has 4 aromatic rings. The van der Waals surface area contributed by atoms with Gasteiger partial charge in [0.15, 0.2) is 0 Å². The average Bonchev–Trinajstić information content (AvgIpc) is 2.87. The van der Waals surface area contributed by atoms with Crippen LogP contribution in [-0.2, 0) is 13.2 Å². The van der Waals surface area contributed by atoms with E-state index in [9.17, 15) is 0 Å². The minimum absolute atomic E-state index is 0.510. The van der Waals surface area contributed by atoms with E-state index in [1.807, 2.05) is 60.7 Å². The standard InChI is InChI=1S/C29H25IO3/c1-31-27-16-24(17-28(19-27)33-21-23-10-6-3-7-11-23)12-13-25-18-26(14-15-29(25)30)32-20-22-8-4-2-5-9-22/h2-19H,20-21H2,1H3. The summed E-state index contributed by atoms with van der Waals surface area (Å²) in [6.07, 6.45) is 4.16. The number of rotatable bonds is 9. The van der Waals surface area contributed by atoms with Crippen molar-refractivity contribution < 1.29 is 14.2 Å². The van der Waals surface area contributed by atoms with E-state index in [1.165, 1.54) is 0 Å². The van der Waals surface area contributed by atoms with E-state index in [-0.39, 0.29) is 0 Å². The second kappa shape index (κ2) is 11.6. The van der Waals surface area contributed by atoms with Gasteiger partial charge in [-0.2, -0.15) is 0 Å². The molecule has 0 spiro atoms. The Morgan fingerprint density at radius 3 is 1.88 bits per heavy atom. The minimum Gasteiger partial charge on any atom is -0.497 e. The quantitative estimate of drug-likeness (QED) is 0.159. The van der Waals surface area contributed by atoms with Crippen molar-refractivity contribution in [2.75, 3.05) is 7.11 Å². The molecule has 0 N–H and O–H groups in total. The molecular formula is C29H25IO3. The van der Waals surface area contributed by atoms with Gasteiger partial charge >= 0.3 is 0 Å². The molecule has 0 amide bonds. The van der Waals surface area contributed by atoms with Crippen LogP contribution in [0.15, 0.2) is 97.1 Å². The van der Waals surface area contributed by atoms with Gasteiger partial charge < -0.3 is 14.2 Å². The van der Waals surface area contributed by atoms with E-state index >= 15 is 0 Å². The molecule has 0 bridgehead atoms. The van der Waals surface area contributed by atoms with Crippen molar-refractivity contribution in [1.82, 2.24) is 0 Å². The van der Waals surface area contributed by atoms with Crippen LogP contribution in [0.2, 0.25) is 0 Å². The van der Waals surface area contributed by atoms with Gasteiger partial charge in [-0.05, 0) is 75.2 Å². The smallest absolute Gasteiger partial charge is 0.124 e. The zero-order chi connectivity index (χ0) is 22.9. The lowest BCUT2D eigenvalue weighted by Crippen LogP contribution is -1.96. The summed E-state index contributed by atoms with van der Waals surface area (Å²) in [5.74, 6) is 2.37. The largest absolute Gasteiger partial charge is 0.497 e. The van der Waals surface area contributed by atoms with E-state index in [2.05, 4.69) is 71.1 Å². The SMILES string of the molecule is COc1cc(C=Cc2cc(OCc3ccccc3)ccc2I)cc(OCc2ccccc2)c1. The van der Waals surface area contributed by atoms with Crippen LogP contribution in [0.4, 0.5) is 0 Å². The highest BCUT2D eigenvalue weighted by molar-refractivity contribution is 14.1. The molecule has 0 fully saturated rings. The molecule has 4 heteroatoms. The van der Waals surface area contributed by atoms with Gasteiger partial charge in [-0.25, -0.2) is 0 Å². The summed E-state index contributed by atoms with van der Waals surface area (Å²) in [6, 6.07) is 32.4. The van der Waals surface area contributed by atoms with Crippen molar-refractivity contribution in [3.05, 3.63) is 123 Å². The molecule has 0 aliphatic heterocycles. The minimum atomic E-state index is 0.510. The molecule has 0 aliphatic carbocycles. The fourth-order valence-corrected chi connectivity index (χ4v) is 3.81. The van der Waals surface area contributed by atoms with E-state index in [1.54, 1.807) is 7.11 Å². The number of benzene rings is 4. The maximum absolute atomic E-state index is 6.01. The molecule has 3 nitrogen and oxygen atoms in total. The van der Waals surface area contributed by atoms with E-state index < -0.39 is 0 Å². The Morgan fingerprint density at radius 2 is 1.24 bits per heavy atom. The highest BCUT2D eigenvalue weighted by atomic mass is 127. The molecule has 0 atom stereocenters. The Morgan fingerprint density at radius 1 is 0.636 bits per heavy atom. The van der Waals surface area contributed by atoms with Crippen LogP contribution < -0.4 is 14.2 Å². The Balaban J connectivity index is 1.48. The lowest BCUT2D eigenvalue weighted by Gasteiger charge is -2.10. The monoisotopic (exact) mass is 548 g/mol. The Kier molecular flexibility index (Phi) is 8.04. The van der Waals surface area contributed by atoms with Gasteiger partial charge in [0.1, 0.15) is 30.5 Å². The first-order valence-electron chi connectivity index (χ1n) is 10.7. The van der Waals surface area contributed by atoms with Crippen molar-refractivity contribution in [2.24, 2.45) is 0 Å². The first-order valence-corrected chi connectivity index (χ1v) is 11.8. The molecule has 0 radical (unpaired) electrons. The van der Waals surface area contributed by atoms with Gasteiger partial charge in [0, 0.05) is 9.64 Å². The highest BCUT2D eigenvalue weighted by Crippen LogP contribution is 2.27. The third-order valence-corrected chi connectivity index (χ3v) is 6.04. The summed E-state index contributed by atoms with van der Waals surface area (Å²) in [5, 5.41) is 0. The van der Waals surface area contributed by atoms with Gasteiger partial charge in [-0.15, -0.1) is 0 Å². The third kappa shape index (κ3) is 6.86. The molecule has 0 aliphatic rings.